The van der Waals surface area contributed by atoms with Crippen molar-refractivity contribution in [1.82, 2.24) is 4.98 Å². The van der Waals surface area contributed by atoms with Gasteiger partial charge in [0.05, 0.1) is 12.8 Å². The van der Waals surface area contributed by atoms with Crippen molar-refractivity contribution < 1.29 is 9.53 Å². The van der Waals surface area contributed by atoms with Crippen molar-refractivity contribution in [2.24, 2.45) is 0 Å². The summed E-state index contributed by atoms with van der Waals surface area (Å²) in [7, 11) is 0. The highest BCUT2D eigenvalue weighted by Crippen LogP contribution is 2.20. The third-order valence-corrected chi connectivity index (χ3v) is 3.12. The second kappa shape index (κ2) is 6.53. The zero-order valence-corrected chi connectivity index (χ0v) is 12.3. The summed E-state index contributed by atoms with van der Waals surface area (Å²) in [6.07, 6.45) is 4.07. The van der Waals surface area contributed by atoms with E-state index in [2.05, 4.69) is 4.98 Å². The molecule has 0 aliphatic rings. The minimum absolute atomic E-state index is 0.0754. The molecule has 0 saturated heterocycles. The molecule has 0 amide bonds. The van der Waals surface area contributed by atoms with Gasteiger partial charge in [0.15, 0.2) is 5.78 Å². The van der Waals surface area contributed by atoms with Crippen LogP contribution < -0.4 is 4.74 Å². The maximum absolute atomic E-state index is 12.5. The van der Waals surface area contributed by atoms with Crippen molar-refractivity contribution in [3.8, 4) is 5.75 Å². The molecule has 2 aromatic rings. The van der Waals surface area contributed by atoms with E-state index in [1.165, 1.54) is 0 Å². The first-order valence-electron chi connectivity index (χ1n) is 6.50. The lowest BCUT2D eigenvalue weighted by Gasteiger charge is -2.08. The van der Waals surface area contributed by atoms with Crippen molar-refractivity contribution in [2.45, 2.75) is 20.3 Å². The maximum atomic E-state index is 12.5. The van der Waals surface area contributed by atoms with Crippen molar-refractivity contribution in [3.63, 3.8) is 0 Å². The lowest BCUT2D eigenvalue weighted by atomic mass is 10.0. The largest absolute Gasteiger partial charge is 0.492 e. The van der Waals surface area contributed by atoms with Crippen LogP contribution in [0.1, 0.15) is 34.8 Å². The highest BCUT2D eigenvalue weighted by atomic mass is 35.5. The van der Waals surface area contributed by atoms with Gasteiger partial charge in [-0.1, -0.05) is 18.5 Å². The third kappa shape index (κ3) is 3.36. The molecule has 20 heavy (non-hydrogen) atoms. The topological polar surface area (TPSA) is 39.2 Å². The predicted octanol–water partition coefficient (Wildman–Crippen LogP) is 4.06. The van der Waals surface area contributed by atoms with E-state index >= 15 is 0 Å². The minimum atomic E-state index is -0.0754. The van der Waals surface area contributed by atoms with Crippen molar-refractivity contribution in [3.05, 3.63) is 58.4 Å². The number of hydrogen-bond donors (Lipinski definition) is 0. The van der Waals surface area contributed by atoms with Gasteiger partial charge in [-0.3, -0.25) is 9.78 Å². The molecule has 1 aromatic carbocycles. The molecular formula is C16H16ClNO2. The highest BCUT2D eigenvalue weighted by Gasteiger charge is 2.13. The van der Waals surface area contributed by atoms with E-state index in [1.54, 1.807) is 36.7 Å². The molecule has 0 N–H and O–H groups in total. The number of ketones is 1. The number of ether oxygens (including phenoxy) is 1. The maximum Gasteiger partial charge on any atom is 0.194 e. The second-order valence-corrected chi connectivity index (χ2v) is 4.98. The second-order valence-electron chi connectivity index (χ2n) is 4.55. The number of aryl methyl sites for hydroxylation is 1. The molecule has 0 bridgehead atoms. The Morgan fingerprint density at radius 3 is 2.80 bits per heavy atom. The van der Waals surface area contributed by atoms with Gasteiger partial charge in [-0.2, -0.15) is 0 Å². The molecule has 0 radical (unpaired) electrons. The molecule has 0 aliphatic carbocycles. The van der Waals surface area contributed by atoms with Gasteiger partial charge in [0.25, 0.3) is 0 Å². The van der Waals surface area contributed by atoms with Crippen LogP contribution in [-0.2, 0) is 0 Å². The standard InChI is InChI=1S/C16H16ClNO2/c1-3-6-20-14-8-12(9-18-10-14)16(19)15-5-4-13(17)7-11(15)2/h4-5,7-10H,3,6H2,1-2H3. The summed E-state index contributed by atoms with van der Waals surface area (Å²) >= 11 is 5.91. The van der Waals surface area contributed by atoms with Crippen LogP contribution in [0, 0.1) is 6.92 Å². The van der Waals surface area contributed by atoms with Gasteiger partial charge in [0.2, 0.25) is 0 Å². The molecule has 0 aliphatic heterocycles. The Morgan fingerprint density at radius 2 is 2.10 bits per heavy atom. The van der Waals surface area contributed by atoms with Crippen LogP contribution in [0.2, 0.25) is 5.02 Å². The molecular weight excluding hydrogens is 274 g/mol. The summed E-state index contributed by atoms with van der Waals surface area (Å²) in [6.45, 7) is 4.50. The van der Waals surface area contributed by atoms with E-state index in [0.717, 1.165) is 12.0 Å². The zero-order valence-electron chi connectivity index (χ0n) is 11.5. The normalized spacial score (nSPS) is 10.3. The number of benzene rings is 1. The Hall–Kier alpha value is -1.87. The van der Waals surface area contributed by atoms with Crippen LogP contribution in [0.4, 0.5) is 0 Å². The lowest BCUT2D eigenvalue weighted by Crippen LogP contribution is -2.05. The number of rotatable bonds is 5. The Bertz CT molecular complexity index is 626. The monoisotopic (exact) mass is 289 g/mol. The third-order valence-electron chi connectivity index (χ3n) is 2.88. The minimum Gasteiger partial charge on any atom is -0.492 e. The molecule has 2 rings (SSSR count). The number of carbonyl (C=O) groups excluding carboxylic acids is 1. The van der Waals surface area contributed by atoms with Crippen LogP contribution in [0.15, 0.2) is 36.7 Å². The fourth-order valence-corrected chi connectivity index (χ4v) is 2.11. The number of carbonyl (C=O) groups is 1. The first kappa shape index (κ1) is 14.5. The van der Waals surface area contributed by atoms with E-state index in [9.17, 15) is 4.79 Å². The summed E-state index contributed by atoms with van der Waals surface area (Å²) in [5.74, 6) is 0.540. The van der Waals surface area contributed by atoms with Crippen LogP contribution in [0.5, 0.6) is 5.75 Å². The molecule has 3 nitrogen and oxygen atoms in total. The number of nitrogens with zero attached hydrogens (tertiary/aromatic N) is 1. The van der Waals surface area contributed by atoms with E-state index in [0.29, 0.717) is 28.5 Å². The van der Waals surface area contributed by atoms with Crippen molar-refractivity contribution >= 4 is 17.4 Å². The molecule has 0 saturated carbocycles. The number of aromatic nitrogens is 1. The van der Waals surface area contributed by atoms with Gasteiger partial charge in [-0.25, -0.2) is 0 Å². The fourth-order valence-electron chi connectivity index (χ4n) is 1.88. The van der Waals surface area contributed by atoms with E-state index in [1.807, 2.05) is 13.8 Å². The van der Waals surface area contributed by atoms with E-state index < -0.39 is 0 Å². The summed E-state index contributed by atoms with van der Waals surface area (Å²) in [5, 5.41) is 0.622. The summed E-state index contributed by atoms with van der Waals surface area (Å²) < 4.78 is 5.50. The Labute approximate surface area is 123 Å². The van der Waals surface area contributed by atoms with Gasteiger partial charge in [0, 0.05) is 22.3 Å². The van der Waals surface area contributed by atoms with Crippen LogP contribution in [-0.4, -0.2) is 17.4 Å². The molecule has 0 unspecified atom stereocenters. The number of hydrogen-bond acceptors (Lipinski definition) is 3. The number of pyridine rings is 1. The summed E-state index contributed by atoms with van der Waals surface area (Å²) in [5.41, 5.74) is 2.00. The van der Waals surface area contributed by atoms with Crippen LogP contribution >= 0.6 is 11.6 Å². The molecule has 1 heterocycles. The average molecular weight is 290 g/mol. The smallest absolute Gasteiger partial charge is 0.194 e. The van der Waals surface area contributed by atoms with Gasteiger partial charge in [0.1, 0.15) is 5.75 Å². The first-order chi connectivity index (χ1) is 9.61. The SMILES string of the molecule is CCCOc1cncc(C(=O)c2ccc(Cl)cc2C)c1. The predicted molar refractivity (Wildman–Crippen MR) is 79.6 cm³/mol. The molecule has 4 heteroatoms. The molecule has 0 fully saturated rings. The summed E-state index contributed by atoms with van der Waals surface area (Å²) in [4.78, 5) is 16.5. The van der Waals surface area contributed by atoms with Crippen molar-refractivity contribution in [2.75, 3.05) is 6.61 Å². The van der Waals surface area contributed by atoms with E-state index in [4.69, 9.17) is 16.3 Å². The Kier molecular flexibility index (Phi) is 4.74. The zero-order chi connectivity index (χ0) is 14.5. The lowest BCUT2D eigenvalue weighted by molar-refractivity contribution is 0.103. The van der Waals surface area contributed by atoms with Gasteiger partial charge >= 0.3 is 0 Å². The van der Waals surface area contributed by atoms with E-state index in [-0.39, 0.29) is 5.78 Å². The van der Waals surface area contributed by atoms with Crippen molar-refractivity contribution in [1.29, 1.82) is 0 Å². The van der Waals surface area contributed by atoms with Crippen LogP contribution in [0.25, 0.3) is 0 Å². The highest BCUT2D eigenvalue weighted by molar-refractivity contribution is 6.30. The Morgan fingerprint density at radius 1 is 1.30 bits per heavy atom. The van der Waals surface area contributed by atoms with Crippen LogP contribution in [0.3, 0.4) is 0 Å². The molecule has 0 spiro atoms. The fraction of sp³-hybridized carbons (Fsp3) is 0.250. The molecule has 104 valence electrons. The Balaban J connectivity index is 2.28. The van der Waals surface area contributed by atoms with Gasteiger partial charge in [-0.05, 0) is 43.2 Å². The molecule has 0 atom stereocenters. The first-order valence-corrected chi connectivity index (χ1v) is 6.88. The average Bonchev–Trinajstić information content (AvgIpc) is 2.45. The van der Waals surface area contributed by atoms with Gasteiger partial charge in [-0.15, -0.1) is 0 Å². The quantitative estimate of drug-likeness (QED) is 0.779. The summed E-state index contributed by atoms with van der Waals surface area (Å²) in [6, 6.07) is 6.95. The van der Waals surface area contributed by atoms with Gasteiger partial charge < -0.3 is 4.74 Å². The molecule has 1 aromatic heterocycles. The number of halogens is 1.